The quantitative estimate of drug-likeness (QED) is 0.456. The summed E-state index contributed by atoms with van der Waals surface area (Å²) in [5.74, 6) is -0.390. The summed E-state index contributed by atoms with van der Waals surface area (Å²) in [5.41, 5.74) is 0.989. The fraction of sp³-hybridized carbons (Fsp3) is 0.105. The Labute approximate surface area is 164 Å². The van der Waals surface area contributed by atoms with Crippen molar-refractivity contribution >= 4 is 46.6 Å². The number of benzene rings is 2. The molecule has 1 aliphatic rings. The standard InChI is InChI=1S/C19H14ClNO5S/c1-2-25-15-9-11(10-16-17(22)21-19(24)27-16)3-8-14(15)26-18(23)12-4-6-13(20)7-5-12/h3-10H,2H2,1H3,(H,21,22,24)/b16-10-. The highest BCUT2D eigenvalue weighted by Gasteiger charge is 2.25. The van der Waals surface area contributed by atoms with Gasteiger partial charge >= 0.3 is 5.97 Å². The van der Waals surface area contributed by atoms with Crippen LogP contribution in [-0.2, 0) is 4.79 Å². The second-order valence-electron chi connectivity index (χ2n) is 5.39. The van der Waals surface area contributed by atoms with Crippen LogP contribution in [0.25, 0.3) is 6.08 Å². The molecule has 0 radical (unpaired) electrons. The van der Waals surface area contributed by atoms with Crippen molar-refractivity contribution in [2.24, 2.45) is 0 Å². The Balaban J connectivity index is 1.84. The van der Waals surface area contributed by atoms with Crippen LogP contribution < -0.4 is 14.8 Å². The van der Waals surface area contributed by atoms with Crippen LogP contribution in [0.5, 0.6) is 11.5 Å². The first-order valence-electron chi connectivity index (χ1n) is 7.95. The van der Waals surface area contributed by atoms with E-state index in [0.717, 1.165) is 11.8 Å². The molecule has 0 aliphatic carbocycles. The molecule has 0 unspecified atom stereocenters. The van der Waals surface area contributed by atoms with Gasteiger partial charge < -0.3 is 9.47 Å². The van der Waals surface area contributed by atoms with E-state index in [4.69, 9.17) is 21.1 Å². The molecule has 2 aromatic carbocycles. The third-order valence-corrected chi connectivity index (χ3v) is 4.55. The van der Waals surface area contributed by atoms with E-state index in [9.17, 15) is 14.4 Å². The van der Waals surface area contributed by atoms with Crippen molar-refractivity contribution in [2.75, 3.05) is 6.61 Å². The Hall–Kier alpha value is -2.77. The summed E-state index contributed by atoms with van der Waals surface area (Å²) in [6.45, 7) is 2.16. The van der Waals surface area contributed by atoms with E-state index in [1.54, 1.807) is 55.5 Å². The van der Waals surface area contributed by atoms with Gasteiger partial charge in [0.1, 0.15) is 0 Å². The maximum absolute atomic E-state index is 12.3. The van der Waals surface area contributed by atoms with Gasteiger partial charge in [-0.15, -0.1) is 0 Å². The Morgan fingerprint density at radius 1 is 1.15 bits per heavy atom. The Bertz CT molecular complexity index is 940. The summed E-state index contributed by atoms with van der Waals surface area (Å²) < 4.78 is 11.0. The number of halogens is 1. The number of esters is 1. The summed E-state index contributed by atoms with van der Waals surface area (Å²) in [6, 6.07) is 11.2. The van der Waals surface area contributed by atoms with Gasteiger partial charge in [-0.2, -0.15) is 0 Å². The number of carbonyl (C=O) groups is 3. The van der Waals surface area contributed by atoms with Gasteiger partial charge in [-0.1, -0.05) is 17.7 Å². The molecule has 8 heteroatoms. The Morgan fingerprint density at radius 2 is 1.89 bits per heavy atom. The average molecular weight is 404 g/mol. The van der Waals surface area contributed by atoms with Gasteiger partial charge in [-0.05, 0) is 66.7 Å². The third kappa shape index (κ3) is 4.69. The number of carbonyl (C=O) groups excluding carboxylic acids is 3. The zero-order chi connectivity index (χ0) is 19.4. The smallest absolute Gasteiger partial charge is 0.343 e. The zero-order valence-electron chi connectivity index (χ0n) is 14.2. The molecule has 1 heterocycles. The summed E-state index contributed by atoms with van der Waals surface area (Å²) in [7, 11) is 0. The van der Waals surface area contributed by atoms with Crippen LogP contribution in [0.2, 0.25) is 5.02 Å². The second-order valence-corrected chi connectivity index (χ2v) is 6.84. The van der Waals surface area contributed by atoms with Crippen LogP contribution in [0.4, 0.5) is 4.79 Å². The molecular formula is C19H14ClNO5S. The third-order valence-electron chi connectivity index (χ3n) is 3.49. The van der Waals surface area contributed by atoms with Crippen molar-refractivity contribution in [1.82, 2.24) is 5.32 Å². The minimum absolute atomic E-state index is 0.249. The molecule has 27 heavy (non-hydrogen) atoms. The average Bonchev–Trinajstić information content (AvgIpc) is 2.95. The zero-order valence-corrected chi connectivity index (χ0v) is 15.7. The van der Waals surface area contributed by atoms with E-state index in [1.165, 1.54) is 0 Å². The number of hydrogen-bond acceptors (Lipinski definition) is 6. The van der Waals surface area contributed by atoms with E-state index >= 15 is 0 Å². The number of rotatable bonds is 5. The molecule has 1 aliphatic heterocycles. The second kappa shape index (κ2) is 8.28. The molecular weight excluding hydrogens is 390 g/mol. The summed E-state index contributed by atoms with van der Waals surface area (Å²) in [5, 5.41) is 2.30. The number of thioether (sulfide) groups is 1. The van der Waals surface area contributed by atoms with E-state index in [2.05, 4.69) is 5.32 Å². The van der Waals surface area contributed by atoms with Crippen molar-refractivity contribution in [1.29, 1.82) is 0 Å². The molecule has 2 amide bonds. The fourth-order valence-electron chi connectivity index (χ4n) is 2.28. The van der Waals surface area contributed by atoms with Crippen molar-refractivity contribution in [3.05, 3.63) is 63.5 Å². The minimum atomic E-state index is -0.546. The molecule has 1 N–H and O–H groups in total. The summed E-state index contributed by atoms with van der Waals surface area (Å²) >= 11 is 6.65. The van der Waals surface area contributed by atoms with Crippen molar-refractivity contribution in [3.8, 4) is 11.5 Å². The van der Waals surface area contributed by atoms with Crippen LogP contribution >= 0.6 is 23.4 Å². The molecule has 138 valence electrons. The van der Waals surface area contributed by atoms with Crippen molar-refractivity contribution in [2.45, 2.75) is 6.92 Å². The SMILES string of the molecule is CCOc1cc(/C=C2\SC(=O)NC2=O)ccc1OC(=O)c1ccc(Cl)cc1. The summed E-state index contributed by atoms with van der Waals surface area (Å²) in [6.07, 6.45) is 1.57. The lowest BCUT2D eigenvalue weighted by Gasteiger charge is -2.11. The molecule has 1 saturated heterocycles. The Kier molecular flexibility index (Phi) is 5.83. The molecule has 0 spiro atoms. The van der Waals surface area contributed by atoms with Gasteiger partial charge in [0.25, 0.3) is 11.1 Å². The number of ether oxygens (including phenoxy) is 2. The molecule has 0 bridgehead atoms. The predicted molar refractivity (Wildman–Crippen MR) is 103 cm³/mol. The first-order chi connectivity index (χ1) is 13.0. The topological polar surface area (TPSA) is 81.7 Å². The van der Waals surface area contributed by atoms with Gasteiger partial charge in [-0.25, -0.2) is 4.79 Å². The molecule has 1 fully saturated rings. The van der Waals surface area contributed by atoms with E-state index < -0.39 is 17.1 Å². The van der Waals surface area contributed by atoms with Gasteiger partial charge in [0.2, 0.25) is 0 Å². The largest absolute Gasteiger partial charge is 0.490 e. The fourth-order valence-corrected chi connectivity index (χ4v) is 3.09. The minimum Gasteiger partial charge on any atom is -0.490 e. The molecule has 3 rings (SSSR count). The lowest BCUT2D eigenvalue weighted by atomic mass is 10.1. The van der Waals surface area contributed by atoms with Crippen molar-refractivity contribution in [3.63, 3.8) is 0 Å². The van der Waals surface area contributed by atoms with Crippen LogP contribution in [0.15, 0.2) is 47.4 Å². The lowest BCUT2D eigenvalue weighted by molar-refractivity contribution is -0.115. The first-order valence-corrected chi connectivity index (χ1v) is 9.15. The lowest BCUT2D eigenvalue weighted by Crippen LogP contribution is -2.17. The van der Waals surface area contributed by atoms with Crippen LogP contribution in [-0.4, -0.2) is 23.7 Å². The summed E-state index contributed by atoms with van der Waals surface area (Å²) in [4.78, 5) is 35.5. The van der Waals surface area contributed by atoms with E-state index in [1.807, 2.05) is 0 Å². The normalized spacial score (nSPS) is 15.0. The van der Waals surface area contributed by atoms with Gasteiger partial charge in [0.05, 0.1) is 17.1 Å². The van der Waals surface area contributed by atoms with Gasteiger partial charge in [0, 0.05) is 5.02 Å². The molecule has 2 aromatic rings. The van der Waals surface area contributed by atoms with Gasteiger partial charge in [-0.3, -0.25) is 14.9 Å². The predicted octanol–water partition coefficient (Wildman–Crippen LogP) is 4.28. The van der Waals surface area contributed by atoms with Crippen molar-refractivity contribution < 1.29 is 23.9 Å². The molecule has 0 aromatic heterocycles. The maximum atomic E-state index is 12.3. The van der Waals surface area contributed by atoms with Crippen LogP contribution in [0.3, 0.4) is 0 Å². The highest BCUT2D eigenvalue weighted by molar-refractivity contribution is 8.18. The number of amides is 2. The highest BCUT2D eigenvalue weighted by atomic mass is 35.5. The van der Waals surface area contributed by atoms with E-state index in [0.29, 0.717) is 28.5 Å². The van der Waals surface area contributed by atoms with E-state index in [-0.39, 0.29) is 10.7 Å². The number of nitrogens with one attached hydrogen (secondary N) is 1. The van der Waals surface area contributed by atoms with Crippen LogP contribution in [0, 0.1) is 0 Å². The number of hydrogen-bond donors (Lipinski definition) is 1. The highest BCUT2D eigenvalue weighted by Crippen LogP contribution is 2.32. The molecule has 0 saturated carbocycles. The monoisotopic (exact) mass is 403 g/mol. The maximum Gasteiger partial charge on any atom is 0.343 e. The molecule has 0 atom stereocenters. The first kappa shape index (κ1) is 19.0. The number of imide groups is 1. The van der Waals surface area contributed by atoms with Crippen LogP contribution in [0.1, 0.15) is 22.8 Å². The van der Waals surface area contributed by atoms with Gasteiger partial charge in [0.15, 0.2) is 11.5 Å². The molecule has 6 nitrogen and oxygen atoms in total. The Morgan fingerprint density at radius 3 is 2.52 bits per heavy atom.